The zero-order chi connectivity index (χ0) is 6.73. The predicted octanol–water partition coefficient (Wildman–Crippen LogP) is 0.435. The molecule has 1 amide bonds. The Hall–Kier alpha value is -0.710. The van der Waals surface area contributed by atoms with Gasteiger partial charge >= 0.3 is 5.17 Å². The van der Waals surface area contributed by atoms with Crippen LogP contribution in [0.4, 0.5) is 4.48 Å². The molecule has 0 saturated carbocycles. The van der Waals surface area contributed by atoms with Gasteiger partial charge in [-0.05, 0) is 12.2 Å². The molecule has 45 valence electrons. The Labute approximate surface area is 50.6 Å². The molecule has 0 spiro atoms. The molecule has 0 heterocycles. The van der Waals surface area contributed by atoms with E-state index in [1.807, 2.05) is 0 Å². The zero-order valence-corrected chi connectivity index (χ0v) is 4.87. The van der Waals surface area contributed by atoms with Crippen LogP contribution in [0.2, 0.25) is 0 Å². The Kier molecular flexibility index (Phi) is 2.33. The Balaban J connectivity index is 3.83. The Morgan fingerprint density at radius 1 is 1.75 bits per heavy atom. The van der Waals surface area contributed by atoms with Gasteiger partial charge < -0.3 is 0 Å². The van der Waals surface area contributed by atoms with E-state index in [0.29, 0.717) is 0 Å². The summed E-state index contributed by atoms with van der Waals surface area (Å²) < 4.78 is 11.7. The van der Waals surface area contributed by atoms with Gasteiger partial charge in [-0.25, -0.2) is 0 Å². The molecule has 0 unspecified atom stereocenters. The second-order valence-electron chi connectivity index (χ2n) is 1.07. The number of hydrogen-bond donors (Lipinski definition) is 0. The van der Waals surface area contributed by atoms with Crippen LogP contribution in [-0.4, -0.2) is 16.2 Å². The van der Waals surface area contributed by atoms with Gasteiger partial charge in [-0.15, -0.1) is 0 Å². The molecule has 0 fully saturated rings. The van der Waals surface area contributed by atoms with Crippen molar-refractivity contribution in [3.05, 3.63) is 0 Å². The lowest BCUT2D eigenvalue weighted by Crippen LogP contribution is -2.23. The summed E-state index contributed by atoms with van der Waals surface area (Å²) in [7, 11) is 0. The van der Waals surface area contributed by atoms with Crippen LogP contribution in [0.25, 0.3) is 0 Å². The van der Waals surface area contributed by atoms with Gasteiger partial charge in [0.1, 0.15) is 0 Å². The third-order valence-electron chi connectivity index (χ3n) is 0.437. The summed E-state index contributed by atoms with van der Waals surface area (Å²) in [5.74, 6) is -0.995. The van der Waals surface area contributed by atoms with E-state index in [1.54, 1.807) is 0 Å². The first-order chi connectivity index (χ1) is 3.55. The molecule has 1 radical (unpaired) electrons. The van der Waals surface area contributed by atoms with E-state index in [2.05, 4.69) is 12.2 Å². The first-order valence-corrected chi connectivity index (χ1v) is 2.14. The van der Waals surface area contributed by atoms with E-state index < -0.39 is 16.2 Å². The summed E-state index contributed by atoms with van der Waals surface area (Å²) in [6.07, 6.45) is 0. The molecular weight excluding hydrogens is 133 g/mol. The standard InChI is InChI=1S/C3H3FNO2S/c1-2(6)5(4)3(7)8/h1H3. The Morgan fingerprint density at radius 2 is 2.12 bits per heavy atom. The lowest BCUT2D eigenvalue weighted by Gasteiger charge is -1.98. The predicted molar refractivity (Wildman–Crippen MR) is 26.9 cm³/mol. The number of thiocarbonyl (C=S) groups is 1. The van der Waals surface area contributed by atoms with Crippen molar-refractivity contribution in [2.75, 3.05) is 0 Å². The van der Waals surface area contributed by atoms with Crippen molar-refractivity contribution in [2.24, 2.45) is 0 Å². The number of hydrogen-bond acceptors (Lipinski definition) is 2. The summed E-state index contributed by atoms with van der Waals surface area (Å²) in [5.41, 5.74) is 0. The Bertz CT molecular complexity index is 112. The van der Waals surface area contributed by atoms with E-state index >= 15 is 0 Å². The average molecular weight is 136 g/mol. The van der Waals surface area contributed by atoms with Gasteiger partial charge in [-0.1, -0.05) is 9.60 Å². The van der Waals surface area contributed by atoms with Crippen molar-refractivity contribution in [2.45, 2.75) is 6.92 Å². The molecule has 8 heavy (non-hydrogen) atoms. The van der Waals surface area contributed by atoms with Crippen molar-refractivity contribution >= 4 is 23.3 Å². The molecule has 0 aromatic heterocycles. The van der Waals surface area contributed by atoms with Gasteiger partial charge in [0.05, 0.1) is 0 Å². The summed E-state index contributed by atoms with van der Waals surface area (Å²) >= 11 is 3.77. The fourth-order valence-corrected chi connectivity index (χ4v) is 0.257. The summed E-state index contributed by atoms with van der Waals surface area (Å²) in [4.78, 5) is 9.85. The van der Waals surface area contributed by atoms with Crippen LogP contribution in [0, 0.1) is 0 Å². The third kappa shape index (κ3) is 1.83. The highest BCUT2D eigenvalue weighted by molar-refractivity contribution is 7.79. The topological polar surface area (TPSA) is 40.2 Å². The third-order valence-corrected chi connectivity index (χ3v) is 0.597. The molecule has 0 aliphatic carbocycles. The van der Waals surface area contributed by atoms with Crippen LogP contribution >= 0.6 is 12.2 Å². The highest BCUT2D eigenvalue weighted by Gasteiger charge is 2.12. The van der Waals surface area contributed by atoms with E-state index in [0.717, 1.165) is 6.92 Å². The van der Waals surface area contributed by atoms with Crippen molar-refractivity contribution < 1.29 is 14.4 Å². The maximum atomic E-state index is 11.7. The van der Waals surface area contributed by atoms with Gasteiger partial charge in [-0.3, -0.25) is 9.90 Å². The monoisotopic (exact) mass is 136 g/mol. The largest absolute Gasteiger partial charge is 0.348 e. The summed E-state index contributed by atoms with van der Waals surface area (Å²) in [6.45, 7) is 0.907. The molecule has 0 aliphatic rings. The first kappa shape index (κ1) is 7.29. The van der Waals surface area contributed by atoms with Gasteiger partial charge in [0.15, 0.2) is 0 Å². The van der Waals surface area contributed by atoms with Crippen molar-refractivity contribution in [3.63, 3.8) is 0 Å². The van der Waals surface area contributed by atoms with Gasteiger partial charge in [-0.2, -0.15) is 0 Å². The first-order valence-electron chi connectivity index (χ1n) is 1.73. The van der Waals surface area contributed by atoms with Crippen LogP contribution < -0.4 is 0 Å². The highest BCUT2D eigenvalue weighted by Crippen LogP contribution is 1.89. The number of rotatable bonds is 0. The smallest absolute Gasteiger partial charge is 0.272 e. The molecule has 0 atom stereocenters. The summed E-state index contributed by atoms with van der Waals surface area (Å²) in [6, 6.07) is 0. The van der Waals surface area contributed by atoms with Crippen LogP contribution in [0.3, 0.4) is 0 Å². The average Bonchev–Trinajstić information content (AvgIpc) is 1.64. The van der Waals surface area contributed by atoms with Crippen molar-refractivity contribution in [1.29, 1.82) is 0 Å². The highest BCUT2D eigenvalue weighted by atomic mass is 32.1. The van der Waals surface area contributed by atoms with Gasteiger partial charge in [0.2, 0.25) is 0 Å². The maximum absolute atomic E-state index is 11.7. The fourth-order valence-electron chi connectivity index (χ4n) is 0.129. The van der Waals surface area contributed by atoms with Crippen LogP contribution in [0.15, 0.2) is 0 Å². The second kappa shape index (κ2) is 2.56. The Morgan fingerprint density at radius 3 is 2.12 bits per heavy atom. The molecule has 5 heteroatoms. The minimum absolute atomic E-state index is 0.630. The van der Waals surface area contributed by atoms with Crippen LogP contribution in [-0.2, 0) is 9.90 Å². The number of halogens is 1. The van der Waals surface area contributed by atoms with E-state index in [-0.39, 0.29) is 0 Å². The van der Waals surface area contributed by atoms with Crippen LogP contribution in [0.5, 0.6) is 0 Å². The molecule has 0 aromatic carbocycles. The molecule has 0 aromatic rings. The quantitative estimate of drug-likeness (QED) is 0.358. The molecule has 0 saturated heterocycles. The lowest BCUT2D eigenvalue weighted by atomic mass is 10.7. The normalized spacial score (nSPS) is 8.25. The van der Waals surface area contributed by atoms with Crippen molar-refractivity contribution in [1.82, 2.24) is 5.12 Å². The zero-order valence-electron chi connectivity index (χ0n) is 4.05. The van der Waals surface area contributed by atoms with Gasteiger partial charge in [0.25, 0.3) is 5.91 Å². The molecule has 0 aliphatic heterocycles. The van der Waals surface area contributed by atoms with E-state index in [9.17, 15) is 14.4 Å². The number of carbonyl (C=O) groups is 1. The molecule has 0 N–H and O–H groups in total. The van der Waals surface area contributed by atoms with Crippen LogP contribution in [0.1, 0.15) is 6.92 Å². The lowest BCUT2D eigenvalue weighted by molar-refractivity contribution is -0.136. The molecule has 3 nitrogen and oxygen atoms in total. The minimum atomic E-state index is -1.31. The number of nitrogens with zero attached hydrogens (tertiary/aromatic N) is 1. The number of amides is 1. The number of carbonyl (C=O) groups excluding carboxylic acids is 1. The van der Waals surface area contributed by atoms with E-state index in [4.69, 9.17) is 0 Å². The fraction of sp³-hybridized carbons (Fsp3) is 0.333. The SMILES string of the molecule is CC(=O)N(F)C([O])=S. The maximum Gasteiger partial charge on any atom is 0.348 e. The van der Waals surface area contributed by atoms with E-state index in [1.165, 1.54) is 0 Å². The minimum Gasteiger partial charge on any atom is -0.272 e. The summed E-state index contributed by atoms with van der Waals surface area (Å²) in [5, 5.41) is 7.79. The van der Waals surface area contributed by atoms with Crippen molar-refractivity contribution in [3.8, 4) is 0 Å². The molecule has 0 bridgehead atoms. The second-order valence-corrected chi connectivity index (χ2v) is 1.42. The van der Waals surface area contributed by atoms with Gasteiger partial charge in [0, 0.05) is 6.92 Å². The molecule has 0 rings (SSSR count). The molecular formula is C3H3FNO2S.